The zero-order valence-electron chi connectivity index (χ0n) is 10.3. The molecule has 1 saturated carbocycles. The normalized spacial score (nSPS) is 17.2. The zero-order chi connectivity index (χ0) is 13.0. The quantitative estimate of drug-likeness (QED) is 0.498. The van der Waals surface area contributed by atoms with E-state index in [1.165, 1.54) is 31.0 Å². The molecule has 0 amide bonds. The van der Waals surface area contributed by atoms with Gasteiger partial charge in [-0.05, 0) is 43.9 Å². The number of hydrogen-bond acceptors (Lipinski definition) is 3. The first-order chi connectivity index (χ1) is 8.66. The van der Waals surface area contributed by atoms with Gasteiger partial charge in [-0.2, -0.15) is 0 Å². The monoisotopic (exact) mass is 251 g/mol. The van der Waals surface area contributed by atoms with Gasteiger partial charge in [0.2, 0.25) is 0 Å². The number of nitrogen functional groups attached to an aromatic ring is 1. The number of carbonyl (C=O) groups is 1. The number of rotatable bonds is 2. The summed E-state index contributed by atoms with van der Waals surface area (Å²) < 4.78 is 18.4. The maximum Gasteiger partial charge on any atom is 0.338 e. The lowest BCUT2D eigenvalue weighted by Crippen LogP contribution is -2.17. The Kier molecular flexibility index (Phi) is 4.18. The molecule has 0 atom stereocenters. The number of nitrogens with two attached hydrogens (primary N) is 1. The van der Waals surface area contributed by atoms with E-state index in [-0.39, 0.29) is 11.8 Å². The highest BCUT2D eigenvalue weighted by Crippen LogP contribution is 2.21. The van der Waals surface area contributed by atoms with Crippen LogP contribution < -0.4 is 5.73 Å². The number of anilines is 1. The van der Waals surface area contributed by atoms with Crippen LogP contribution >= 0.6 is 0 Å². The summed E-state index contributed by atoms with van der Waals surface area (Å²) >= 11 is 0. The second kappa shape index (κ2) is 5.85. The van der Waals surface area contributed by atoms with Crippen molar-refractivity contribution < 1.29 is 13.9 Å². The Morgan fingerprint density at radius 1 is 1.22 bits per heavy atom. The Hall–Kier alpha value is -1.58. The minimum atomic E-state index is -0.513. The Bertz CT molecular complexity index is 426. The van der Waals surface area contributed by atoms with Crippen molar-refractivity contribution in [3.05, 3.63) is 29.6 Å². The molecule has 18 heavy (non-hydrogen) atoms. The lowest BCUT2D eigenvalue weighted by Gasteiger charge is -2.15. The molecule has 0 saturated heterocycles. The van der Waals surface area contributed by atoms with E-state index in [0.29, 0.717) is 5.56 Å². The molecular weight excluding hydrogens is 233 g/mol. The number of ether oxygens (including phenoxy) is 1. The summed E-state index contributed by atoms with van der Waals surface area (Å²) in [7, 11) is 0. The van der Waals surface area contributed by atoms with E-state index in [9.17, 15) is 9.18 Å². The first-order valence-corrected chi connectivity index (χ1v) is 6.43. The van der Waals surface area contributed by atoms with Crippen LogP contribution in [0.1, 0.15) is 48.9 Å². The Balaban J connectivity index is 1.99. The van der Waals surface area contributed by atoms with Crippen LogP contribution in [0.2, 0.25) is 0 Å². The fourth-order valence-electron chi connectivity index (χ4n) is 2.25. The van der Waals surface area contributed by atoms with Crippen molar-refractivity contribution in [3.63, 3.8) is 0 Å². The minimum Gasteiger partial charge on any atom is -0.459 e. The van der Waals surface area contributed by atoms with Gasteiger partial charge in [0.1, 0.15) is 11.9 Å². The first kappa shape index (κ1) is 12.9. The number of benzene rings is 1. The van der Waals surface area contributed by atoms with Gasteiger partial charge >= 0.3 is 5.97 Å². The summed E-state index contributed by atoms with van der Waals surface area (Å²) in [6.45, 7) is 0. The van der Waals surface area contributed by atoms with Crippen molar-refractivity contribution in [2.45, 2.75) is 44.6 Å². The Labute approximate surface area is 106 Å². The Morgan fingerprint density at radius 3 is 2.50 bits per heavy atom. The third kappa shape index (κ3) is 3.22. The molecule has 0 heterocycles. The van der Waals surface area contributed by atoms with Gasteiger partial charge in [-0.15, -0.1) is 0 Å². The fraction of sp³-hybridized carbons (Fsp3) is 0.500. The van der Waals surface area contributed by atoms with Crippen molar-refractivity contribution in [2.75, 3.05) is 5.73 Å². The molecule has 0 aliphatic heterocycles. The van der Waals surface area contributed by atoms with Crippen molar-refractivity contribution in [1.29, 1.82) is 0 Å². The average Bonchev–Trinajstić information content (AvgIpc) is 2.61. The third-order valence-corrected chi connectivity index (χ3v) is 3.31. The van der Waals surface area contributed by atoms with E-state index in [4.69, 9.17) is 10.5 Å². The third-order valence-electron chi connectivity index (χ3n) is 3.31. The van der Waals surface area contributed by atoms with E-state index in [0.717, 1.165) is 25.7 Å². The van der Waals surface area contributed by atoms with E-state index in [1.54, 1.807) is 0 Å². The number of halogens is 1. The molecule has 2 N–H and O–H groups in total. The second-order valence-electron chi connectivity index (χ2n) is 4.76. The summed E-state index contributed by atoms with van der Waals surface area (Å²) in [6.07, 6.45) is 6.44. The maximum absolute atomic E-state index is 13.0. The smallest absolute Gasteiger partial charge is 0.338 e. The number of carbonyl (C=O) groups excluding carboxylic acids is 1. The SMILES string of the molecule is Nc1cc(C(=O)OC2CCCCCC2)ccc1F. The van der Waals surface area contributed by atoms with Gasteiger partial charge in [0.05, 0.1) is 11.3 Å². The van der Waals surface area contributed by atoms with Gasteiger partial charge in [0.15, 0.2) is 0 Å². The first-order valence-electron chi connectivity index (χ1n) is 6.43. The largest absolute Gasteiger partial charge is 0.459 e. The van der Waals surface area contributed by atoms with Gasteiger partial charge in [-0.1, -0.05) is 12.8 Å². The van der Waals surface area contributed by atoms with Gasteiger partial charge in [-0.25, -0.2) is 9.18 Å². The van der Waals surface area contributed by atoms with Gasteiger partial charge in [0.25, 0.3) is 0 Å². The van der Waals surface area contributed by atoms with Crippen LogP contribution in [0, 0.1) is 5.82 Å². The molecule has 0 aromatic heterocycles. The fourth-order valence-corrected chi connectivity index (χ4v) is 2.25. The van der Waals surface area contributed by atoms with E-state index in [1.807, 2.05) is 0 Å². The van der Waals surface area contributed by atoms with Crippen LogP contribution in [-0.4, -0.2) is 12.1 Å². The number of esters is 1. The van der Waals surface area contributed by atoms with Crippen molar-refractivity contribution in [2.24, 2.45) is 0 Å². The highest BCUT2D eigenvalue weighted by Gasteiger charge is 2.18. The van der Waals surface area contributed by atoms with Crippen LogP contribution in [-0.2, 0) is 4.74 Å². The molecule has 0 bridgehead atoms. The molecule has 98 valence electrons. The number of hydrogen-bond donors (Lipinski definition) is 1. The molecule has 4 heteroatoms. The van der Waals surface area contributed by atoms with Crippen LogP contribution in [0.25, 0.3) is 0 Å². The van der Waals surface area contributed by atoms with Crippen LogP contribution in [0.4, 0.5) is 10.1 Å². The van der Waals surface area contributed by atoms with Crippen LogP contribution in [0.15, 0.2) is 18.2 Å². The van der Waals surface area contributed by atoms with Gasteiger partial charge in [-0.3, -0.25) is 0 Å². The van der Waals surface area contributed by atoms with Crippen LogP contribution in [0.3, 0.4) is 0 Å². The zero-order valence-corrected chi connectivity index (χ0v) is 10.3. The molecule has 0 spiro atoms. The molecule has 1 aromatic carbocycles. The second-order valence-corrected chi connectivity index (χ2v) is 4.76. The molecular formula is C14H18FNO2. The van der Waals surface area contributed by atoms with E-state index >= 15 is 0 Å². The standard InChI is InChI=1S/C14H18FNO2/c15-12-8-7-10(9-13(12)16)14(17)18-11-5-3-1-2-4-6-11/h7-9,11H,1-6,16H2. The summed E-state index contributed by atoms with van der Waals surface area (Å²) in [5.74, 6) is -0.922. The van der Waals surface area contributed by atoms with Gasteiger partial charge in [0, 0.05) is 0 Å². The molecule has 0 unspecified atom stereocenters. The molecule has 2 rings (SSSR count). The van der Waals surface area contributed by atoms with Crippen molar-refractivity contribution in [1.82, 2.24) is 0 Å². The molecule has 0 radical (unpaired) electrons. The molecule has 1 aliphatic rings. The molecule has 3 nitrogen and oxygen atoms in total. The maximum atomic E-state index is 13.0. The molecule has 1 aromatic rings. The predicted molar refractivity (Wildman–Crippen MR) is 67.7 cm³/mol. The highest BCUT2D eigenvalue weighted by molar-refractivity contribution is 5.90. The molecule has 1 fully saturated rings. The summed E-state index contributed by atoms with van der Waals surface area (Å²) in [5.41, 5.74) is 5.73. The molecule has 1 aliphatic carbocycles. The van der Waals surface area contributed by atoms with Crippen LogP contribution in [0.5, 0.6) is 0 Å². The Morgan fingerprint density at radius 2 is 1.89 bits per heavy atom. The predicted octanol–water partition coefficient (Wildman–Crippen LogP) is 3.29. The minimum absolute atomic E-state index is 0.00808. The summed E-state index contributed by atoms with van der Waals surface area (Å²) in [5, 5.41) is 0. The van der Waals surface area contributed by atoms with Crippen molar-refractivity contribution >= 4 is 11.7 Å². The summed E-state index contributed by atoms with van der Waals surface area (Å²) in [6, 6.07) is 3.93. The van der Waals surface area contributed by atoms with E-state index < -0.39 is 11.8 Å². The average molecular weight is 251 g/mol. The summed E-state index contributed by atoms with van der Waals surface area (Å²) in [4.78, 5) is 11.9. The lowest BCUT2D eigenvalue weighted by atomic mass is 10.1. The van der Waals surface area contributed by atoms with Crippen molar-refractivity contribution in [3.8, 4) is 0 Å². The topological polar surface area (TPSA) is 52.3 Å². The van der Waals surface area contributed by atoms with E-state index in [2.05, 4.69) is 0 Å². The highest BCUT2D eigenvalue weighted by atomic mass is 19.1. The lowest BCUT2D eigenvalue weighted by molar-refractivity contribution is 0.0267. The van der Waals surface area contributed by atoms with Gasteiger partial charge < -0.3 is 10.5 Å².